The summed E-state index contributed by atoms with van der Waals surface area (Å²) in [5.74, 6) is 0. The minimum atomic E-state index is 0. The van der Waals surface area contributed by atoms with Crippen molar-refractivity contribution in [2.24, 2.45) is 0 Å². The second-order valence-electron chi connectivity index (χ2n) is 3.30. The first-order valence-electron chi connectivity index (χ1n) is 4.28. The van der Waals surface area contributed by atoms with Crippen LogP contribution < -0.4 is 5.73 Å². The molecule has 0 aliphatic heterocycles. The Hall–Kier alpha value is -0.140. The lowest BCUT2D eigenvalue weighted by atomic mass is 10.1. The van der Waals surface area contributed by atoms with Gasteiger partial charge in [-0.1, -0.05) is 22.0 Å². The summed E-state index contributed by atoms with van der Waals surface area (Å²) in [6, 6.07) is 6.32. The molecule has 15 heavy (non-hydrogen) atoms. The molecule has 0 amide bonds. The van der Waals surface area contributed by atoms with Crippen molar-refractivity contribution < 1.29 is 0 Å². The Kier molecular flexibility index (Phi) is 3.05. The first-order valence-corrected chi connectivity index (χ1v) is 5.89. The summed E-state index contributed by atoms with van der Waals surface area (Å²) in [7, 11) is 0. The number of anilines is 1. The number of thiazole rings is 1. The largest absolute Gasteiger partial charge is 0.375 e. The van der Waals surface area contributed by atoms with E-state index in [0.29, 0.717) is 5.13 Å². The van der Waals surface area contributed by atoms with E-state index in [1.165, 1.54) is 16.0 Å². The maximum absolute atomic E-state index is 5.68. The van der Waals surface area contributed by atoms with Gasteiger partial charge in [0.15, 0.2) is 5.13 Å². The lowest BCUT2D eigenvalue weighted by molar-refractivity contribution is 1.30. The molecule has 1 aliphatic carbocycles. The second kappa shape index (κ2) is 4.03. The Morgan fingerprint density at radius 2 is 2.20 bits per heavy atom. The highest BCUT2D eigenvalue weighted by atomic mass is 127. The molecular weight excluding hydrogens is 387 g/mol. The molecule has 5 heteroatoms. The molecule has 0 saturated heterocycles. The lowest BCUT2D eigenvalue weighted by Gasteiger charge is -1.98. The smallest absolute Gasteiger partial charge is 0.180 e. The highest BCUT2D eigenvalue weighted by Gasteiger charge is 2.22. The Labute approximate surface area is 117 Å². The summed E-state index contributed by atoms with van der Waals surface area (Å²) < 4.78 is 1.09. The summed E-state index contributed by atoms with van der Waals surface area (Å²) in [6.07, 6.45) is 0.979. The van der Waals surface area contributed by atoms with Gasteiger partial charge in [-0.15, -0.1) is 35.3 Å². The number of nitrogen functional groups attached to an aromatic ring is 1. The topological polar surface area (TPSA) is 38.9 Å². The third-order valence-corrected chi connectivity index (χ3v) is 3.77. The number of hydrogen-bond donors (Lipinski definition) is 1. The van der Waals surface area contributed by atoms with E-state index < -0.39 is 0 Å². The fourth-order valence-corrected chi connectivity index (χ4v) is 3.03. The van der Waals surface area contributed by atoms with Crippen molar-refractivity contribution in [1.29, 1.82) is 0 Å². The minimum Gasteiger partial charge on any atom is -0.375 e. The second-order valence-corrected chi connectivity index (χ2v) is 5.33. The van der Waals surface area contributed by atoms with Crippen LogP contribution in [0.4, 0.5) is 5.13 Å². The molecule has 1 aliphatic rings. The van der Waals surface area contributed by atoms with Crippen LogP contribution in [0.3, 0.4) is 0 Å². The van der Waals surface area contributed by atoms with Crippen molar-refractivity contribution in [1.82, 2.24) is 4.98 Å². The van der Waals surface area contributed by atoms with Crippen LogP contribution >= 0.6 is 51.2 Å². The molecule has 3 rings (SSSR count). The zero-order chi connectivity index (χ0) is 9.71. The minimum absolute atomic E-state index is 0. The van der Waals surface area contributed by atoms with Crippen LogP contribution in [0.15, 0.2) is 22.7 Å². The predicted molar refractivity (Wildman–Crippen MR) is 77.9 cm³/mol. The summed E-state index contributed by atoms with van der Waals surface area (Å²) in [5.41, 5.74) is 9.33. The van der Waals surface area contributed by atoms with Crippen LogP contribution in [0.1, 0.15) is 10.4 Å². The SMILES string of the molecule is I.Nc1nc2c(s1)Cc1ccc(Br)cc1-2. The van der Waals surface area contributed by atoms with Gasteiger partial charge in [-0.05, 0) is 17.7 Å². The predicted octanol–water partition coefficient (Wildman–Crippen LogP) is 3.68. The summed E-state index contributed by atoms with van der Waals surface area (Å²) in [5, 5.41) is 0.667. The number of hydrogen-bond acceptors (Lipinski definition) is 3. The van der Waals surface area contributed by atoms with Gasteiger partial charge in [0.1, 0.15) is 0 Å². The van der Waals surface area contributed by atoms with E-state index in [1.54, 1.807) is 11.3 Å². The fraction of sp³-hybridized carbons (Fsp3) is 0.100. The van der Waals surface area contributed by atoms with Gasteiger partial charge in [0.2, 0.25) is 0 Å². The van der Waals surface area contributed by atoms with Crippen molar-refractivity contribution in [3.63, 3.8) is 0 Å². The van der Waals surface area contributed by atoms with Crippen LogP contribution in [-0.2, 0) is 6.42 Å². The first kappa shape index (κ1) is 11.3. The Balaban J connectivity index is 0.000000853. The molecule has 2 nitrogen and oxygen atoms in total. The monoisotopic (exact) mass is 394 g/mol. The number of aromatic nitrogens is 1. The van der Waals surface area contributed by atoms with Gasteiger partial charge in [0.05, 0.1) is 5.69 Å². The van der Waals surface area contributed by atoms with Crippen molar-refractivity contribution >= 4 is 56.4 Å². The summed E-state index contributed by atoms with van der Waals surface area (Å²) in [6.45, 7) is 0. The van der Waals surface area contributed by atoms with Crippen LogP contribution in [0.2, 0.25) is 0 Å². The lowest BCUT2D eigenvalue weighted by Crippen LogP contribution is -1.84. The third kappa shape index (κ3) is 1.81. The van der Waals surface area contributed by atoms with Gasteiger partial charge in [-0.2, -0.15) is 0 Å². The molecule has 2 aromatic rings. The molecule has 1 aromatic heterocycles. The zero-order valence-electron chi connectivity index (χ0n) is 7.66. The summed E-state index contributed by atoms with van der Waals surface area (Å²) in [4.78, 5) is 5.64. The molecule has 0 fully saturated rings. The number of benzene rings is 1. The van der Waals surface area contributed by atoms with Gasteiger partial charge in [0.25, 0.3) is 0 Å². The average molecular weight is 395 g/mol. The van der Waals surface area contributed by atoms with Crippen molar-refractivity contribution in [3.8, 4) is 11.3 Å². The van der Waals surface area contributed by atoms with Crippen LogP contribution in [0.25, 0.3) is 11.3 Å². The molecule has 0 saturated carbocycles. The molecule has 0 spiro atoms. The van der Waals surface area contributed by atoms with E-state index in [9.17, 15) is 0 Å². The Morgan fingerprint density at radius 3 is 3.00 bits per heavy atom. The van der Waals surface area contributed by atoms with E-state index in [4.69, 9.17) is 5.73 Å². The van der Waals surface area contributed by atoms with Gasteiger partial charge in [0, 0.05) is 21.3 Å². The molecule has 1 heterocycles. The summed E-state index contributed by atoms with van der Waals surface area (Å²) >= 11 is 5.06. The normalized spacial score (nSPS) is 11.8. The number of rotatable bonds is 0. The molecule has 0 bridgehead atoms. The number of nitrogens with two attached hydrogens (primary N) is 1. The molecular formula is C10H8BrIN2S. The highest BCUT2D eigenvalue weighted by Crippen LogP contribution is 2.41. The van der Waals surface area contributed by atoms with Gasteiger partial charge in [-0.3, -0.25) is 0 Å². The Morgan fingerprint density at radius 1 is 1.40 bits per heavy atom. The van der Waals surface area contributed by atoms with Gasteiger partial charge < -0.3 is 5.73 Å². The number of nitrogens with zero attached hydrogens (tertiary/aromatic N) is 1. The van der Waals surface area contributed by atoms with E-state index in [2.05, 4.69) is 39.1 Å². The fourth-order valence-electron chi connectivity index (χ4n) is 1.80. The first-order chi connectivity index (χ1) is 6.74. The molecule has 1 aromatic carbocycles. The van der Waals surface area contributed by atoms with Gasteiger partial charge >= 0.3 is 0 Å². The maximum Gasteiger partial charge on any atom is 0.180 e. The zero-order valence-corrected chi connectivity index (χ0v) is 12.4. The maximum atomic E-state index is 5.68. The standard InChI is InChI=1S/C10H7BrN2S.HI/c11-6-2-1-5-3-8-9(7(5)4-6)13-10(12)14-8;/h1-2,4H,3H2,(H2,12,13);1H. The highest BCUT2D eigenvalue weighted by molar-refractivity contribution is 14.0. The quantitative estimate of drug-likeness (QED) is 0.590. The van der Waals surface area contributed by atoms with Crippen LogP contribution in [0, 0.1) is 0 Å². The van der Waals surface area contributed by atoms with Gasteiger partial charge in [-0.25, -0.2) is 4.98 Å². The number of halogens is 2. The van der Waals surface area contributed by atoms with E-state index in [-0.39, 0.29) is 24.0 Å². The van der Waals surface area contributed by atoms with Crippen LogP contribution in [-0.4, -0.2) is 4.98 Å². The van der Waals surface area contributed by atoms with Crippen LogP contribution in [0.5, 0.6) is 0 Å². The van der Waals surface area contributed by atoms with E-state index in [0.717, 1.165) is 16.6 Å². The van der Waals surface area contributed by atoms with E-state index >= 15 is 0 Å². The molecule has 0 unspecified atom stereocenters. The number of fused-ring (bicyclic) bond motifs is 3. The van der Waals surface area contributed by atoms with Crippen molar-refractivity contribution in [2.75, 3.05) is 5.73 Å². The molecule has 2 N–H and O–H groups in total. The molecule has 0 atom stereocenters. The molecule has 78 valence electrons. The van der Waals surface area contributed by atoms with Crippen molar-refractivity contribution in [3.05, 3.63) is 33.1 Å². The third-order valence-electron chi connectivity index (χ3n) is 2.39. The average Bonchev–Trinajstić information content (AvgIpc) is 2.62. The Bertz CT molecular complexity index is 524. The molecule has 0 radical (unpaired) electrons. The van der Waals surface area contributed by atoms with E-state index in [1.807, 2.05) is 0 Å². The van der Waals surface area contributed by atoms with Crippen molar-refractivity contribution in [2.45, 2.75) is 6.42 Å².